The van der Waals surface area contributed by atoms with Gasteiger partial charge >= 0.3 is 23.1 Å². The summed E-state index contributed by atoms with van der Waals surface area (Å²) < 4.78 is 1.91. The second-order valence-corrected chi connectivity index (χ2v) is 2.90. The van der Waals surface area contributed by atoms with E-state index in [1.54, 1.807) is 0 Å². The van der Waals surface area contributed by atoms with Gasteiger partial charge in [-0.25, -0.2) is 4.42 Å². The van der Waals surface area contributed by atoms with Gasteiger partial charge < -0.3 is 2.85 Å². The summed E-state index contributed by atoms with van der Waals surface area (Å²) in [5.41, 5.74) is 0. The summed E-state index contributed by atoms with van der Waals surface area (Å²) >= 11 is 5.80. The average Bonchev–Trinajstić information content (AvgIpc) is 1.77. The van der Waals surface area contributed by atoms with E-state index in [1.807, 2.05) is 4.42 Å². The molecule has 0 amide bonds. The van der Waals surface area contributed by atoms with Crippen LogP contribution in [0.25, 0.3) is 0 Å². The van der Waals surface area contributed by atoms with Crippen LogP contribution in [-0.4, -0.2) is 40.1 Å². The van der Waals surface area contributed by atoms with Gasteiger partial charge in [0.05, 0.1) is 0 Å². The first-order valence-electron chi connectivity index (χ1n) is 3.23. The molecule has 0 aromatic carbocycles. The van der Waals surface area contributed by atoms with Crippen LogP contribution in [0.4, 0.5) is 0 Å². The molecule has 0 aliphatic carbocycles. The Morgan fingerprint density at radius 3 is 2.56 bits per heavy atom. The maximum absolute atomic E-state index is 5.80. The summed E-state index contributed by atoms with van der Waals surface area (Å²) in [4.78, 5) is 0. The minimum Gasteiger partial charge on any atom is -1.00 e. The molecule has 0 radical (unpaired) electrons. The Balaban J connectivity index is -0.000000213. The van der Waals surface area contributed by atoms with Crippen LogP contribution in [0.1, 0.15) is 29.0 Å². The Hall–Kier alpha value is 1.02. The first-order chi connectivity index (χ1) is 3.80. The Labute approximate surface area is 81.0 Å². The van der Waals surface area contributed by atoms with Crippen molar-refractivity contribution >= 4 is 34.8 Å². The fraction of sp³-hybridized carbons (Fsp3) is 1.00. The van der Waals surface area contributed by atoms with Crippen LogP contribution in [0.15, 0.2) is 0 Å². The molecule has 52 valence electrons. The maximum Gasteiger partial charge on any atom is 2.00 e. The number of piperidine rings is 1. The second kappa shape index (κ2) is 4.77. The largest absolute Gasteiger partial charge is 2.00 e. The van der Waals surface area contributed by atoms with E-state index >= 15 is 0 Å². The van der Waals surface area contributed by atoms with E-state index in [4.69, 9.17) is 11.8 Å². The van der Waals surface area contributed by atoms with Gasteiger partial charge in [-0.15, -0.1) is 0 Å². The number of nitrogens with zero attached hydrogens (tertiary/aromatic N) is 1. The molecule has 3 heteroatoms. The maximum atomic E-state index is 5.80. The molecule has 1 nitrogen and oxygen atoms in total. The number of halogens is 1. The summed E-state index contributed by atoms with van der Waals surface area (Å²) in [5.74, 6) is 0. The van der Waals surface area contributed by atoms with E-state index in [0.29, 0.717) is 6.04 Å². The predicted octanol–water partition coefficient (Wildman–Crippen LogP) is 1.86. The molecule has 1 heterocycles. The third-order valence-corrected chi connectivity index (χ3v) is 2.22. The molecule has 1 atom stereocenters. The van der Waals surface area contributed by atoms with Crippen LogP contribution in [0.5, 0.6) is 0 Å². The quantitative estimate of drug-likeness (QED) is 0.386. The first kappa shape index (κ1) is 10.0. The van der Waals surface area contributed by atoms with E-state index in [2.05, 4.69) is 6.92 Å². The van der Waals surface area contributed by atoms with Gasteiger partial charge in [-0.1, -0.05) is 6.42 Å². The van der Waals surface area contributed by atoms with Gasteiger partial charge in [-0.2, -0.15) is 0 Å². The van der Waals surface area contributed by atoms with Crippen LogP contribution in [0, 0.1) is 0 Å². The minimum absolute atomic E-state index is 0. The summed E-state index contributed by atoms with van der Waals surface area (Å²) in [5, 5.41) is 0. The molecule has 0 aromatic heterocycles. The summed E-state index contributed by atoms with van der Waals surface area (Å²) in [6.45, 7) is 3.24. The summed E-state index contributed by atoms with van der Waals surface area (Å²) in [6, 6.07) is 0.602. The Kier molecular flexibility index (Phi) is 5.31. The average molecular weight is 160 g/mol. The van der Waals surface area contributed by atoms with Crippen molar-refractivity contribution in [1.82, 2.24) is 4.42 Å². The fourth-order valence-electron chi connectivity index (χ4n) is 1.06. The van der Waals surface area contributed by atoms with E-state index in [-0.39, 0.29) is 25.9 Å². The van der Waals surface area contributed by atoms with Crippen LogP contribution in [0.3, 0.4) is 0 Å². The molecule has 0 saturated carbocycles. The summed E-state index contributed by atoms with van der Waals surface area (Å²) in [7, 11) is 0. The molecule has 1 aliphatic heterocycles. The standard InChI is InChI=1S/C6H12ClN.Mg.2H/c1-6-4-2-3-5-8(6)7;;;/h6H,2-5H2,1H3;;;/q;+2;2*-1. The van der Waals surface area contributed by atoms with Gasteiger partial charge in [0.2, 0.25) is 0 Å². The third kappa shape index (κ3) is 3.07. The number of hydrogen-bond acceptors (Lipinski definition) is 1. The molecule has 0 spiro atoms. The molecule has 1 rings (SSSR count). The Morgan fingerprint density at radius 2 is 2.22 bits per heavy atom. The third-order valence-electron chi connectivity index (χ3n) is 1.72. The zero-order chi connectivity index (χ0) is 5.98. The van der Waals surface area contributed by atoms with Gasteiger partial charge in [0.15, 0.2) is 0 Å². The van der Waals surface area contributed by atoms with Gasteiger partial charge in [0.25, 0.3) is 0 Å². The van der Waals surface area contributed by atoms with Crippen molar-refractivity contribution in [2.45, 2.75) is 32.2 Å². The molecule has 1 aliphatic rings. The van der Waals surface area contributed by atoms with Crippen molar-refractivity contribution in [3.8, 4) is 0 Å². The molecule has 1 saturated heterocycles. The predicted molar refractivity (Wildman–Crippen MR) is 43.9 cm³/mol. The van der Waals surface area contributed by atoms with Gasteiger partial charge in [0, 0.05) is 12.6 Å². The second-order valence-electron chi connectivity index (χ2n) is 2.47. The molecule has 0 N–H and O–H groups in total. The molecule has 0 bridgehead atoms. The van der Waals surface area contributed by atoms with E-state index in [1.165, 1.54) is 19.3 Å². The zero-order valence-electron chi connectivity index (χ0n) is 7.94. The van der Waals surface area contributed by atoms with Crippen LogP contribution in [-0.2, 0) is 0 Å². The normalized spacial score (nSPS) is 29.3. The molecular formula is C6H14ClMgN. The van der Waals surface area contributed by atoms with Crippen molar-refractivity contribution < 1.29 is 2.85 Å². The van der Waals surface area contributed by atoms with Crippen molar-refractivity contribution in [2.75, 3.05) is 6.54 Å². The number of hydrogen-bond donors (Lipinski definition) is 0. The topological polar surface area (TPSA) is 3.24 Å². The van der Waals surface area contributed by atoms with Crippen LogP contribution >= 0.6 is 11.8 Å². The molecule has 1 fully saturated rings. The van der Waals surface area contributed by atoms with Crippen molar-refractivity contribution in [3.05, 3.63) is 0 Å². The van der Waals surface area contributed by atoms with Crippen molar-refractivity contribution in [3.63, 3.8) is 0 Å². The van der Waals surface area contributed by atoms with Crippen LogP contribution < -0.4 is 0 Å². The molecule has 9 heavy (non-hydrogen) atoms. The zero-order valence-corrected chi connectivity index (χ0v) is 8.11. The molecule has 1 unspecified atom stereocenters. The monoisotopic (exact) mass is 159 g/mol. The van der Waals surface area contributed by atoms with Gasteiger partial charge in [-0.05, 0) is 31.5 Å². The van der Waals surface area contributed by atoms with Gasteiger partial charge in [-0.3, -0.25) is 0 Å². The molecular weight excluding hydrogens is 146 g/mol. The van der Waals surface area contributed by atoms with Gasteiger partial charge in [0.1, 0.15) is 0 Å². The fourth-order valence-corrected chi connectivity index (χ4v) is 1.28. The number of rotatable bonds is 0. The smallest absolute Gasteiger partial charge is 1.00 e. The summed E-state index contributed by atoms with van der Waals surface area (Å²) in [6.07, 6.45) is 3.89. The van der Waals surface area contributed by atoms with Crippen molar-refractivity contribution in [2.24, 2.45) is 0 Å². The SMILES string of the molecule is CC1CCCCN1Cl.[H-].[H-].[Mg+2]. The van der Waals surface area contributed by atoms with E-state index in [9.17, 15) is 0 Å². The minimum atomic E-state index is 0. The van der Waals surface area contributed by atoms with E-state index < -0.39 is 0 Å². The molecule has 0 aromatic rings. The Bertz CT molecular complexity index is 77.0. The van der Waals surface area contributed by atoms with Crippen LogP contribution in [0.2, 0.25) is 0 Å². The first-order valence-corrected chi connectivity index (χ1v) is 3.57. The van der Waals surface area contributed by atoms with E-state index in [0.717, 1.165) is 6.54 Å². The van der Waals surface area contributed by atoms with Crippen molar-refractivity contribution in [1.29, 1.82) is 0 Å². The Morgan fingerprint density at radius 1 is 1.56 bits per heavy atom.